The van der Waals surface area contributed by atoms with Crippen molar-refractivity contribution in [2.24, 2.45) is 0 Å². The van der Waals surface area contributed by atoms with Crippen LogP contribution in [0.1, 0.15) is 0 Å². The molecule has 0 fully saturated rings. The zero-order valence-corrected chi connectivity index (χ0v) is 31.2. The van der Waals surface area contributed by atoms with E-state index in [4.69, 9.17) is 19.4 Å². The van der Waals surface area contributed by atoms with Crippen LogP contribution in [-0.2, 0) is 0 Å². The number of thiophene rings is 1. The van der Waals surface area contributed by atoms with Gasteiger partial charge in [0.15, 0.2) is 17.5 Å². The van der Waals surface area contributed by atoms with Gasteiger partial charge in [-0.1, -0.05) is 121 Å². The number of fused-ring (bicyclic) bond motifs is 10. The van der Waals surface area contributed by atoms with Crippen molar-refractivity contribution >= 4 is 75.3 Å². The predicted octanol–water partition coefficient (Wildman–Crippen LogP) is 13.9. The quantitative estimate of drug-likeness (QED) is 0.176. The van der Waals surface area contributed by atoms with Crippen molar-refractivity contribution in [1.29, 1.82) is 0 Å². The molecule has 266 valence electrons. The Kier molecular flexibility index (Phi) is 7.03. The highest BCUT2D eigenvalue weighted by Gasteiger charge is 2.21. The molecule has 5 nitrogen and oxygen atoms in total. The first-order valence-electron chi connectivity index (χ1n) is 19.0. The highest BCUT2D eigenvalue weighted by molar-refractivity contribution is 7.25. The summed E-state index contributed by atoms with van der Waals surface area (Å²) < 4.78 is 11.5. The van der Waals surface area contributed by atoms with Gasteiger partial charge in [-0.05, 0) is 71.8 Å². The maximum atomic E-state index is 6.70. The van der Waals surface area contributed by atoms with E-state index in [9.17, 15) is 0 Å². The van der Waals surface area contributed by atoms with E-state index in [0.717, 1.165) is 66.5 Å². The summed E-state index contributed by atoms with van der Waals surface area (Å²) in [7, 11) is 0. The molecule has 0 bridgehead atoms. The van der Waals surface area contributed by atoms with E-state index in [-0.39, 0.29) is 0 Å². The van der Waals surface area contributed by atoms with Crippen LogP contribution < -0.4 is 0 Å². The molecule has 0 aliphatic carbocycles. The van der Waals surface area contributed by atoms with Gasteiger partial charge in [0.25, 0.3) is 0 Å². The van der Waals surface area contributed by atoms with E-state index in [0.29, 0.717) is 17.5 Å². The topological polar surface area (TPSA) is 56.7 Å². The summed E-state index contributed by atoms with van der Waals surface area (Å²) in [6, 6.07) is 63.7. The normalized spacial score (nSPS) is 11.9. The smallest absolute Gasteiger partial charge is 0.164 e. The first-order chi connectivity index (χ1) is 28.2. The molecular formula is C51H30N4OS. The van der Waals surface area contributed by atoms with Crippen molar-refractivity contribution in [2.45, 2.75) is 0 Å². The molecule has 0 atom stereocenters. The zero-order chi connectivity index (χ0) is 37.5. The highest BCUT2D eigenvalue weighted by atomic mass is 32.1. The second-order valence-corrected chi connectivity index (χ2v) is 15.5. The van der Waals surface area contributed by atoms with Gasteiger partial charge in [-0.3, -0.25) is 0 Å². The molecule has 0 aliphatic heterocycles. The lowest BCUT2D eigenvalue weighted by Gasteiger charge is -2.10. The van der Waals surface area contributed by atoms with Crippen LogP contribution in [0.25, 0.3) is 115 Å². The fraction of sp³-hybridized carbons (Fsp3) is 0. The molecule has 0 saturated carbocycles. The Morgan fingerprint density at radius 3 is 1.79 bits per heavy atom. The molecule has 0 unspecified atom stereocenters. The number of para-hydroxylation sites is 2. The summed E-state index contributed by atoms with van der Waals surface area (Å²) in [5.41, 5.74) is 9.97. The van der Waals surface area contributed by atoms with Crippen molar-refractivity contribution in [1.82, 2.24) is 19.5 Å². The molecule has 0 N–H and O–H groups in total. The van der Waals surface area contributed by atoms with Gasteiger partial charge >= 0.3 is 0 Å². The fourth-order valence-corrected chi connectivity index (χ4v) is 9.54. The van der Waals surface area contributed by atoms with E-state index in [1.807, 2.05) is 6.07 Å². The second-order valence-electron chi connectivity index (χ2n) is 14.4. The minimum absolute atomic E-state index is 0.586. The van der Waals surface area contributed by atoms with E-state index >= 15 is 0 Å². The van der Waals surface area contributed by atoms with Crippen LogP contribution in [0.4, 0.5) is 0 Å². The highest BCUT2D eigenvalue weighted by Crippen LogP contribution is 2.42. The number of nitrogens with zero attached hydrogens (tertiary/aromatic N) is 4. The first kappa shape index (κ1) is 31.9. The minimum Gasteiger partial charge on any atom is -0.456 e. The Morgan fingerprint density at radius 1 is 0.386 bits per heavy atom. The fourth-order valence-electron chi connectivity index (χ4n) is 8.40. The molecule has 4 aromatic heterocycles. The average molecular weight is 747 g/mol. The zero-order valence-electron chi connectivity index (χ0n) is 30.4. The number of furan rings is 1. The molecule has 4 heterocycles. The van der Waals surface area contributed by atoms with Gasteiger partial charge in [0, 0.05) is 58.7 Å². The molecule has 0 amide bonds. The SMILES string of the molecule is c1ccc(-c2cccc(-c3nc(-c4ccc5c(c4)oc4ccc6c7ccccc7n(-c7ccccc7)c6c45)nc(-c4ccc5c(c4)sc4ccccc45)n3)c2)cc1. The first-order valence-corrected chi connectivity index (χ1v) is 19.8. The average Bonchev–Trinajstić information content (AvgIpc) is 3.95. The van der Waals surface area contributed by atoms with Gasteiger partial charge in [0.05, 0.1) is 16.4 Å². The second kappa shape index (κ2) is 12.6. The van der Waals surface area contributed by atoms with Crippen LogP contribution in [0.5, 0.6) is 0 Å². The molecule has 0 spiro atoms. The summed E-state index contributed by atoms with van der Waals surface area (Å²) in [4.78, 5) is 15.5. The van der Waals surface area contributed by atoms with Crippen LogP contribution in [0, 0.1) is 0 Å². The van der Waals surface area contributed by atoms with E-state index in [2.05, 4.69) is 180 Å². The standard InChI is InChI=1S/C51H30N4OS/c1-3-12-31(13-4-1)32-14-11-15-33(28-32)49-52-50(54-51(53-49)35-22-24-39-38-19-8-10-21-45(38)57-46(39)30-35)34-23-25-41-44(29-34)56-43-27-26-40-37-18-7-9-20-42(37)55(48(40)47(41)43)36-16-5-2-6-17-36/h1-30H. The number of hydrogen-bond acceptors (Lipinski definition) is 5. The van der Waals surface area contributed by atoms with Crippen LogP contribution in [-0.4, -0.2) is 19.5 Å². The molecule has 57 heavy (non-hydrogen) atoms. The van der Waals surface area contributed by atoms with E-state index in [1.54, 1.807) is 11.3 Å². The monoisotopic (exact) mass is 746 g/mol. The van der Waals surface area contributed by atoms with Gasteiger partial charge < -0.3 is 8.98 Å². The number of hydrogen-bond donors (Lipinski definition) is 0. The van der Waals surface area contributed by atoms with Gasteiger partial charge in [-0.15, -0.1) is 11.3 Å². The summed E-state index contributed by atoms with van der Waals surface area (Å²) in [5.74, 6) is 1.82. The maximum Gasteiger partial charge on any atom is 0.164 e. The Hall–Kier alpha value is -7.41. The summed E-state index contributed by atoms with van der Waals surface area (Å²) in [5, 5.41) is 7.02. The Balaban J connectivity index is 1.06. The van der Waals surface area contributed by atoms with Gasteiger partial charge in [0.1, 0.15) is 11.2 Å². The largest absolute Gasteiger partial charge is 0.456 e. The van der Waals surface area contributed by atoms with Crippen molar-refractivity contribution in [3.8, 4) is 51.0 Å². The molecule has 0 saturated heterocycles. The Labute approximate surface area is 330 Å². The number of rotatable bonds is 5. The molecule has 6 heteroatoms. The predicted molar refractivity (Wildman–Crippen MR) is 236 cm³/mol. The third-order valence-corrected chi connectivity index (χ3v) is 12.2. The van der Waals surface area contributed by atoms with Crippen LogP contribution >= 0.6 is 11.3 Å². The number of aromatic nitrogens is 4. The molecule has 12 aromatic rings. The van der Waals surface area contributed by atoms with E-state index in [1.165, 1.54) is 30.9 Å². The lowest BCUT2D eigenvalue weighted by atomic mass is 10.0. The summed E-state index contributed by atoms with van der Waals surface area (Å²) >= 11 is 1.79. The Morgan fingerprint density at radius 2 is 0.982 bits per heavy atom. The molecule has 12 rings (SSSR count). The van der Waals surface area contributed by atoms with Crippen LogP contribution in [0.3, 0.4) is 0 Å². The van der Waals surface area contributed by atoms with Crippen molar-refractivity contribution in [3.63, 3.8) is 0 Å². The van der Waals surface area contributed by atoms with E-state index < -0.39 is 0 Å². The van der Waals surface area contributed by atoms with Crippen LogP contribution in [0.2, 0.25) is 0 Å². The van der Waals surface area contributed by atoms with Crippen molar-refractivity contribution in [2.75, 3.05) is 0 Å². The molecule has 0 aliphatic rings. The third-order valence-electron chi connectivity index (χ3n) is 11.0. The molecule has 8 aromatic carbocycles. The summed E-state index contributed by atoms with van der Waals surface area (Å²) in [6.45, 7) is 0. The maximum absolute atomic E-state index is 6.70. The van der Waals surface area contributed by atoms with Crippen molar-refractivity contribution in [3.05, 3.63) is 182 Å². The van der Waals surface area contributed by atoms with Crippen molar-refractivity contribution < 1.29 is 4.42 Å². The Bertz CT molecular complexity index is 3530. The molecular weight excluding hydrogens is 717 g/mol. The van der Waals surface area contributed by atoms with Crippen LogP contribution in [0.15, 0.2) is 186 Å². The minimum atomic E-state index is 0.586. The third kappa shape index (κ3) is 5.12. The van der Waals surface area contributed by atoms with Gasteiger partial charge in [-0.2, -0.15) is 0 Å². The summed E-state index contributed by atoms with van der Waals surface area (Å²) in [6.07, 6.45) is 0. The number of benzene rings is 8. The lowest BCUT2D eigenvalue weighted by molar-refractivity contribution is 0.669. The van der Waals surface area contributed by atoms with Gasteiger partial charge in [-0.25, -0.2) is 15.0 Å². The molecule has 0 radical (unpaired) electrons. The van der Waals surface area contributed by atoms with Gasteiger partial charge in [0.2, 0.25) is 0 Å². The lowest BCUT2D eigenvalue weighted by Crippen LogP contribution is -2.00.